The second-order valence-electron chi connectivity index (χ2n) is 6.08. The molecular weight excluding hydrogens is 356 g/mol. The number of ether oxygens (including phenoxy) is 2. The topological polar surface area (TPSA) is 65.7 Å². The Labute approximate surface area is 160 Å². The Morgan fingerprint density at radius 3 is 2.46 bits per heavy atom. The predicted octanol–water partition coefficient (Wildman–Crippen LogP) is 4.44. The molecule has 1 aromatic heterocycles. The summed E-state index contributed by atoms with van der Waals surface area (Å²) in [6, 6.07) is 25.1. The van der Waals surface area contributed by atoms with E-state index in [1.165, 1.54) is 12.1 Å². The van der Waals surface area contributed by atoms with E-state index in [9.17, 15) is 9.59 Å². The molecule has 0 fully saturated rings. The lowest BCUT2D eigenvalue weighted by Gasteiger charge is -2.11. The average molecular weight is 372 g/mol. The highest BCUT2D eigenvalue weighted by Gasteiger charge is 2.11. The number of carbonyl (C=O) groups is 1. The number of para-hydroxylation sites is 1. The van der Waals surface area contributed by atoms with Crippen LogP contribution in [0.5, 0.6) is 11.5 Å². The maximum Gasteiger partial charge on any atom is 0.349 e. The molecule has 0 radical (unpaired) electrons. The van der Waals surface area contributed by atoms with E-state index in [2.05, 4.69) is 0 Å². The van der Waals surface area contributed by atoms with Crippen molar-refractivity contribution >= 4 is 16.9 Å². The second-order valence-corrected chi connectivity index (χ2v) is 6.08. The van der Waals surface area contributed by atoms with Crippen LogP contribution in [0.3, 0.4) is 0 Å². The standard InChI is InChI=1S/C23H16O5/c24-22-13-11-17-10-12-18(14-21(17)28-22)27-23(25)15-26-20-9-5-4-8-19(20)16-6-2-1-3-7-16/h1-14H,15H2. The van der Waals surface area contributed by atoms with Crippen molar-refractivity contribution in [1.82, 2.24) is 0 Å². The molecule has 0 aliphatic rings. The van der Waals surface area contributed by atoms with E-state index in [0.29, 0.717) is 11.3 Å². The van der Waals surface area contributed by atoms with Gasteiger partial charge in [0, 0.05) is 23.1 Å². The summed E-state index contributed by atoms with van der Waals surface area (Å²) in [5.41, 5.74) is 1.78. The van der Waals surface area contributed by atoms with Crippen molar-refractivity contribution in [3.8, 4) is 22.6 Å². The van der Waals surface area contributed by atoms with Crippen LogP contribution >= 0.6 is 0 Å². The number of fused-ring (bicyclic) bond motifs is 1. The summed E-state index contributed by atoms with van der Waals surface area (Å²) in [4.78, 5) is 23.5. The molecule has 4 rings (SSSR count). The maximum absolute atomic E-state index is 12.2. The van der Waals surface area contributed by atoms with Gasteiger partial charge in [-0.25, -0.2) is 9.59 Å². The van der Waals surface area contributed by atoms with E-state index in [0.717, 1.165) is 16.5 Å². The fraction of sp³-hybridized carbons (Fsp3) is 0.0435. The van der Waals surface area contributed by atoms with Gasteiger partial charge >= 0.3 is 11.6 Å². The zero-order chi connectivity index (χ0) is 19.3. The normalized spacial score (nSPS) is 10.6. The molecule has 0 saturated carbocycles. The summed E-state index contributed by atoms with van der Waals surface area (Å²) in [5.74, 6) is 0.322. The number of hydrogen-bond acceptors (Lipinski definition) is 5. The fourth-order valence-electron chi connectivity index (χ4n) is 2.85. The third-order valence-electron chi connectivity index (χ3n) is 4.14. The highest BCUT2D eigenvalue weighted by atomic mass is 16.6. The summed E-state index contributed by atoms with van der Waals surface area (Å²) in [6.07, 6.45) is 0. The first-order valence-corrected chi connectivity index (χ1v) is 8.71. The molecule has 0 N–H and O–H groups in total. The van der Waals surface area contributed by atoms with Gasteiger partial charge in [0.05, 0.1) is 0 Å². The number of hydrogen-bond donors (Lipinski definition) is 0. The van der Waals surface area contributed by atoms with Crippen molar-refractivity contribution in [3.05, 3.63) is 95.3 Å². The Balaban J connectivity index is 1.46. The van der Waals surface area contributed by atoms with E-state index in [-0.39, 0.29) is 12.4 Å². The number of esters is 1. The number of benzene rings is 3. The third kappa shape index (κ3) is 3.94. The van der Waals surface area contributed by atoms with Crippen molar-refractivity contribution in [1.29, 1.82) is 0 Å². The SMILES string of the molecule is O=C(COc1ccccc1-c1ccccc1)Oc1ccc2ccc(=O)oc2c1. The molecule has 5 nitrogen and oxygen atoms in total. The van der Waals surface area contributed by atoms with Gasteiger partial charge in [0.1, 0.15) is 17.1 Å². The smallest absolute Gasteiger partial charge is 0.349 e. The lowest BCUT2D eigenvalue weighted by Crippen LogP contribution is -2.18. The van der Waals surface area contributed by atoms with Crippen molar-refractivity contribution in [2.45, 2.75) is 0 Å². The van der Waals surface area contributed by atoms with Crippen LogP contribution in [0.25, 0.3) is 22.1 Å². The first kappa shape index (κ1) is 17.5. The van der Waals surface area contributed by atoms with Crippen LogP contribution in [-0.4, -0.2) is 12.6 Å². The van der Waals surface area contributed by atoms with Gasteiger partial charge in [0.25, 0.3) is 0 Å². The quantitative estimate of drug-likeness (QED) is 0.294. The molecule has 3 aromatic carbocycles. The first-order chi connectivity index (χ1) is 13.7. The van der Waals surface area contributed by atoms with Crippen LogP contribution in [0.1, 0.15) is 0 Å². The number of carbonyl (C=O) groups excluding carboxylic acids is 1. The third-order valence-corrected chi connectivity index (χ3v) is 4.14. The Kier molecular flexibility index (Phi) is 4.89. The lowest BCUT2D eigenvalue weighted by atomic mass is 10.1. The van der Waals surface area contributed by atoms with E-state index in [1.54, 1.807) is 24.3 Å². The predicted molar refractivity (Wildman–Crippen MR) is 105 cm³/mol. The highest BCUT2D eigenvalue weighted by molar-refractivity contribution is 5.80. The summed E-state index contributed by atoms with van der Waals surface area (Å²) in [5, 5.41) is 0.743. The minimum absolute atomic E-state index is 0.249. The molecular formula is C23H16O5. The van der Waals surface area contributed by atoms with Gasteiger partial charge in [0.15, 0.2) is 6.61 Å². The van der Waals surface area contributed by atoms with Crippen LogP contribution in [0, 0.1) is 0 Å². The Bertz CT molecular complexity index is 1180. The van der Waals surface area contributed by atoms with Gasteiger partial charge < -0.3 is 13.9 Å². The molecule has 0 spiro atoms. The first-order valence-electron chi connectivity index (χ1n) is 8.71. The van der Waals surface area contributed by atoms with Crippen LogP contribution in [0.2, 0.25) is 0 Å². The minimum atomic E-state index is -0.555. The van der Waals surface area contributed by atoms with Gasteiger partial charge in [-0.2, -0.15) is 0 Å². The minimum Gasteiger partial charge on any atom is -0.481 e. The van der Waals surface area contributed by atoms with Gasteiger partial charge in [0.2, 0.25) is 0 Å². The molecule has 0 amide bonds. The van der Waals surface area contributed by atoms with Crippen LogP contribution in [0.15, 0.2) is 94.1 Å². The lowest BCUT2D eigenvalue weighted by molar-refractivity contribution is -0.136. The second kappa shape index (κ2) is 7.80. The molecule has 4 aromatic rings. The van der Waals surface area contributed by atoms with Gasteiger partial charge in [-0.3, -0.25) is 0 Å². The average Bonchev–Trinajstić information content (AvgIpc) is 2.73. The molecule has 0 aliphatic heterocycles. The summed E-state index contributed by atoms with van der Waals surface area (Å²) in [7, 11) is 0. The van der Waals surface area contributed by atoms with Crippen LogP contribution < -0.4 is 15.1 Å². The largest absolute Gasteiger partial charge is 0.481 e. The van der Waals surface area contributed by atoms with E-state index >= 15 is 0 Å². The van der Waals surface area contributed by atoms with E-state index in [1.807, 2.05) is 48.5 Å². The molecule has 0 aliphatic carbocycles. The summed E-state index contributed by atoms with van der Waals surface area (Å²) >= 11 is 0. The molecule has 0 bridgehead atoms. The molecule has 0 atom stereocenters. The highest BCUT2D eigenvalue weighted by Crippen LogP contribution is 2.29. The summed E-state index contributed by atoms with van der Waals surface area (Å²) in [6.45, 7) is -0.249. The monoisotopic (exact) mass is 372 g/mol. The number of rotatable bonds is 5. The summed E-state index contributed by atoms with van der Waals surface area (Å²) < 4.78 is 16.1. The van der Waals surface area contributed by atoms with Crippen molar-refractivity contribution in [2.24, 2.45) is 0 Å². The molecule has 5 heteroatoms. The zero-order valence-corrected chi connectivity index (χ0v) is 14.8. The molecule has 138 valence electrons. The van der Waals surface area contributed by atoms with Crippen LogP contribution in [0.4, 0.5) is 0 Å². The molecule has 28 heavy (non-hydrogen) atoms. The van der Waals surface area contributed by atoms with Gasteiger partial charge in [-0.15, -0.1) is 0 Å². The van der Waals surface area contributed by atoms with Crippen LogP contribution in [-0.2, 0) is 4.79 Å². The van der Waals surface area contributed by atoms with E-state index in [4.69, 9.17) is 13.9 Å². The molecule has 0 saturated heterocycles. The Morgan fingerprint density at radius 2 is 1.61 bits per heavy atom. The fourth-order valence-corrected chi connectivity index (χ4v) is 2.85. The Morgan fingerprint density at radius 1 is 0.857 bits per heavy atom. The molecule has 1 heterocycles. The van der Waals surface area contributed by atoms with Crippen molar-refractivity contribution in [2.75, 3.05) is 6.61 Å². The Hall–Kier alpha value is -3.86. The van der Waals surface area contributed by atoms with Gasteiger partial charge in [-0.05, 0) is 29.8 Å². The van der Waals surface area contributed by atoms with Crippen molar-refractivity contribution in [3.63, 3.8) is 0 Å². The van der Waals surface area contributed by atoms with E-state index < -0.39 is 11.6 Å². The molecule has 0 unspecified atom stereocenters. The van der Waals surface area contributed by atoms with Gasteiger partial charge in [-0.1, -0.05) is 48.5 Å². The zero-order valence-electron chi connectivity index (χ0n) is 14.8. The maximum atomic E-state index is 12.2. The van der Waals surface area contributed by atoms with Crippen molar-refractivity contribution < 1.29 is 18.7 Å².